The normalized spacial score (nSPS) is 11.2. The fraction of sp³-hybridized carbons (Fsp3) is 0. The van der Waals surface area contributed by atoms with Crippen LogP contribution in [0.1, 0.15) is 0 Å². The third-order valence-corrected chi connectivity index (χ3v) is 25.9. The molecule has 0 spiro atoms. The van der Waals surface area contributed by atoms with Gasteiger partial charge < -0.3 is 0 Å². The van der Waals surface area contributed by atoms with E-state index in [9.17, 15) is 0 Å². The standard InChI is InChI=1S/3C6H5.Bi.BrH/c3*1-2-4-6-5-3-1;;/h3*1-5H;;1H/q;;;+1;/p-1. The average Bonchev–Trinajstić information content (AvgIpc) is 2.56. The second kappa shape index (κ2) is 6.20. The summed E-state index contributed by atoms with van der Waals surface area (Å²) in [7, 11) is 0. The molecular formula is C18H15BiBr. The predicted molar refractivity (Wildman–Crippen MR) is 92.9 cm³/mol. The van der Waals surface area contributed by atoms with Crippen molar-refractivity contribution in [1.29, 1.82) is 0 Å². The molecule has 2 heteroatoms. The fourth-order valence-electron chi connectivity index (χ4n) is 2.35. The molecule has 1 radical (unpaired) electrons. The second-order valence-corrected chi connectivity index (χ2v) is 24.5. The van der Waals surface area contributed by atoms with Crippen molar-refractivity contribution < 1.29 is 0 Å². The molecule has 20 heavy (non-hydrogen) atoms. The van der Waals surface area contributed by atoms with E-state index in [2.05, 4.69) is 103 Å². The zero-order chi connectivity index (χ0) is 13.8. The quantitative estimate of drug-likeness (QED) is 0.467. The van der Waals surface area contributed by atoms with Gasteiger partial charge in [0.1, 0.15) is 0 Å². The third kappa shape index (κ3) is 2.60. The zero-order valence-corrected chi connectivity index (χ0v) is 16.0. The van der Waals surface area contributed by atoms with Gasteiger partial charge in [0, 0.05) is 0 Å². The molecule has 0 fully saturated rings. The molecule has 0 atom stereocenters. The molecule has 3 aromatic carbocycles. The first-order valence-corrected chi connectivity index (χ1v) is 19.3. The van der Waals surface area contributed by atoms with E-state index in [0.29, 0.717) is 0 Å². The summed E-state index contributed by atoms with van der Waals surface area (Å²) in [5.41, 5.74) is 0. The Kier molecular flexibility index (Phi) is 4.33. The molecule has 3 rings (SSSR count). The van der Waals surface area contributed by atoms with Gasteiger partial charge in [0.25, 0.3) is 0 Å². The van der Waals surface area contributed by atoms with E-state index >= 15 is 0 Å². The molecule has 0 aliphatic rings. The molecule has 0 saturated carbocycles. The van der Waals surface area contributed by atoms with Crippen molar-refractivity contribution in [3.63, 3.8) is 0 Å². The summed E-state index contributed by atoms with van der Waals surface area (Å²) < 4.78 is 4.35. The monoisotopic (exact) mass is 519 g/mol. The number of rotatable bonds is 3. The zero-order valence-electron chi connectivity index (χ0n) is 11.0. The molecule has 0 bridgehead atoms. The Morgan fingerprint density at radius 3 is 0.950 bits per heavy atom. The summed E-state index contributed by atoms with van der Waals surface area (Å²) in [6, 6.07) is 32.6. The van der Waals surface area contributed by atoms with Crippen molar-refractivity contribution in [2.75, 3.05) is 0 Å². The van der Waals surface area contributed by atoms with E-state index in [-0.39, 0.29) is 0 Å². The molecule has 0 nitrogen and oxygen atoms in total. The van der Waals surface area contributed by atoms with Gasteiger partial charge in [-0.3, -0.25) is 0 Å². The van der Waals surface area contributed by atoms with E-state index in [1.165, 1.54) is 9.81 Å². The van der Waals surface area contributed by atoms with Crippen LogP contribution in [0.5, 0.6) is 0 Å². The van der Waals surface area contributed by atoms with Gasteiger partial charge >= 0.3 is 131 Å². The summed E-state index contributed by atoms with van der Waals surface area (Å²) in [6.45, 7) is 0. The van der Waals surface area contributed by atoms with E-state index in [1.807, 2.05) is 0 Å². The number of hydrogen-bond donors (Lipinski definition) is 0. The Labute approximate surface area is 130 Å². The Morgan fingerprint density at radius 1 is 0.450 bits per heavy atom. The summed E-state index contributed by atoms with van der Waals surface area (Å²) in [5.74, 6) is 0. The van der Waals surface area contributed by atoms with Gasteiger partial charge in [-0.05, 0) is 0 Å². The van der Waals surface area contributed by atoms with Crippen molar-refractivity contribution >= 4 is 40.0 Å². The summed E-state index contributed by atoms with van der Waals surface area (Å²) in [6.07, 6.45) is 0. The minimum absolute atomic E-state index is 1.45. The van der Waals surface area contributed by atoms with Gasteiger partial charge in [0.05, 0.1) is 0 Å². The van der Waals surface area contributed by atoms with Gasteiger partial charge in [-0.25, -0.2) is 0 Å². The van der Waals surface area contributed by atoms with Crippen LogP contribution in [0.15, 0.2) is 91.0 Å². The molecule has 3 aromatic rings. The molecule has 0 amide bonds. The van der Waals surface area contributed by atoms with Crippen LogP contribution >= 0.6 is 12.2 Å². The van der Waals surface area contributed by atoms with Gasteiger partial charge in [-0.15, -0.1) is 0 Å². The van der Waals surface area contributed by atoms with Crippen molar-refractivity contribution in [1.82, 2.24) is 0 Å². The Balaban J connectivity index is 2.24. The summed E-state index contributed by atoms with van der Waals surface area (Å²) in [5, 5.41) is 0. The number of hydrogen-bond acceptors (Lipinski definition) is 0. The first-order chi connectivity index (χ1) is 9.82. The van der Waals surface area contributed by atoms with Crippen LogP contribution in [0.2, 0.25) is 0 Å². The number of benzene rings is 3. The third-order valence-electron chi connectivity index (χ3n) is 3.34. The van der Waals surface area contributed by atoms with Crippen molar-refractivity contribution in [2.45, 2.75) is 0 Å². The Bertz CT molecular complexity index is 569. The van der Waals surface area contributed by atoms with Crippen molar-refractivity contribution in [2.24, 2.45) is 0 Å². The molecule has 0 aliphatic carbocycles. The van der Waals surface area contributed by atoms with Gasteiger partial charge in [0.2, 0.25) is 0 Å². The molecule has 0 aliphatic heterocycles. The molecule has 0 N–H and O–H groups in total. The number of halogens is 1. The molecule has 0 heterocycles. The van der Waals surface area contributed by atoms with Crippen LogP contribution in [-0.2, 0) is 0 Å². The van der Waals surface area contributed by atoms with Crippen LogP contribution in [0.25, 0.3) is 0 Å². The Hall–Kier alpha value is -0.977. The van der Waals surface area contributed by atoms with E-state index in [4.69, 9.17) is 0 Å². The average molecular weight is 520 g/mol. The van der Waals surface area contributed by atoms with Crippen LogP contribution in [0.3, 0.4) is 0 Å². The van der Waals surface area contributed by atoms with E-state index in [1.54, 1.807) is 0 Å². The molecule has 0 saturated heterocycles. The fourth-order valence-corrected chi connectivity index (χ4v) is 18.8. The molecule has 0 aromatic heterocycles. The van der Waals surface area contributed by atoms with Crippen LogP contribution in [0.4, 0.5) is 0 Å². The molecule has 99 valence electrons. The SMILES string of the molecule is [Br][Bi]([c]1ccccc1)([c]1ccccc1)[c]1ccccc1. The van der Waals surface area contributed by atoms with Gasteiger partial charge in [-0.1, -0.05) is 0 Å². The first kappa shape index (κ1) is 14.0. The maximum atomic E-state index is 4.23. The predicted octanol–water partition coefficient (Wildman–Crippen LogP) is 3.05. The Morgan fingerprint density at radius 2 is 0.700 bits per heavy atom. The van der Waals surface area contributed by atoms with Crippen molar-refractivity contribution in [3.8, 4) is 0 Å². The van der Waals surface area contributed by atoms with Crippen LogP contribution in [0, 0.1) is 0 Å². The summed E-state index contributed by atoms with van der Waals surface area (Å²) in [4.78, 5) is 0. The van der Waals surface area contributed by atoms with Crippen molar-refractivity contribution in [3.05, 3.63) is 91.0 Å². The van der Waals surface area contributed by atoms with Crippen LogP contribution in [-0.4, -0.2) is 17.9 Å². The minimum atomic E-state index is -3.03. The first-order valence-electron chi connectivity index (χ1n) is 6.57. The van der Waals surface area contributed by atoms with Gasteiger partial charge in [-0.2, -0.15) is 0 Å². The molecular weight excluding hydrogens is 505 g/mol. The second-order valence-electron chi connectivity index (χ2n) is 4.60. The van der Waals surface area contributed by atoms with Crippen LogP contribution < -0.4 is 9.81 Å². The topological polar surface area (TPSA) is 0 Å². The molecule has 0 unspecified atom stereocenters. The summed E-state index contributed by atoms with van der Waals surface area (Å²) >= 11 is 1.19. The van der Waals surface area contributed by atoms with E-state index < -0.39 is 17.9 Å². The van der Waals surface area contributed by atoms with Gasteiger partial charge in [0.15, 0.2) is 0 Å². The van der Waals surface area contributed by atoms with E-state index in [0.717, 1.165) is 0 Å². The maximum absolute atomic E-state index is 4.23.